The maximum atomic E-state index is 12.1. The van der Waals surface area contributed by atoms with Gasteiger partial charge in [-0.2, -0.15) is 0 Å². The minimum absolute atomic E-state index is 0.275. The third-order valence-corrected chi connectivity index (χ3v) is 4.32. The van der Waals surface area contributed by atoms with Crippen molar-refractivity contribution in [3.05, 3.63) is 35.4 Å². The Kier molecular flexibility index (Phi) is 2.75. The van der Waals surface area contributed by atoms with E-state index >= 15 is 0 Å². The van der Waals surface area contributed by atoms with Crippen LogP contribution < -0.4 is 0 Å². The normalized spacial score (nSPS) is 28.6. The highest BCUT2D eigenvalue weighted by Crippen LogP contribution is 2.37. The number of nitrogens with zero attached hydrogens (tertiary/aromatic N) is 1. The van der Waals surface area contributed by atoms with Crippen molar-refractivity contribution in [3.63, 3.8) is 0 Å². The quantitative estimate of drug-likeness (QED) is 0.737. The molecule has 0 bridgehead atoms. The number of piperidine rings is 1. The molecule has 2 nitrogen and oxygen atoms in total. The van der Waals surface area contributed by atoms with Crippen molar-refractivity contribution >= 4 is 5.78 Å². The van der Waals surface area contributed by atoms with Gasteiger partial charge in [0.15, 0.2) is 0 Å². The first-order chi connectivity index (χ1) is 8.29. The van der Waals surface area contributed by atoms with Crippen LogP contribution in [-0.4, -0.2) is 23.8 Å². The van der Waals surface area contributed by atoms with Crippen molar-refractivity contribution in [2.45, 2.75) is 32.2 Å². The Hall–Kier alpha value is -1.15. The number of hydrogen-bond acceptors (Lipinski definition) is 2. The number of ketones is 1. The van der Waals surface area contributed by atoms with E-state index in [9.17, 15) is 4.79 Å². The summed E-state index contributed by atoms with van der Waals surface area (Å²) in [6.45, 7) is 4.21. The molecule has 0 saturated carbocycles. The topological polar surface area (TPSA) is 20.3 Å². The lowest BCUT2D eigenvalue weighted by Gasteiger charge is -2.42. The predicted molar refractivity (Wildman–Crippen MR) is 67.9 cm³/mol. The summed E-state index contributed by atoms with van der Waals surface area (Å²) >= 11 is 0. The average molecular weight is 229 g/mol. The second-order valence-electron chi connectivity index (χ2n) is 5.24. The summed E-state index contributed by atoms with van der Waals surface area (Å²) in [6.07, 6.45) is 2.84. The Bertz CT molecular complexity index is 440. The van der Waals surface area contributed by atoms with Crippen LogP contribution in [0.4, 0.5) is 0 Å². The van der Waals surface area contributed by atoms with Gasteiger partial charge in [0.05, 0.1) is 0 Å². The smallest absolute Gasteiger partial charge is 0.139 e. The minimum atomic E-state index is 0.275. The van der Waals surface area contributed by atoms with E-state index in [1.807, 2.05) is 0 Å². The van der Waals surface area contributed by atoms with Crippen molar-refractivity contribution in [2.75, 3.05) is 13.1 Å². The summed E-state index contributed by atoms with van der Waals surface area (Å²) in [5.41, 5.74) is 2.83. The summed E-state index contributed by atoms with van der Waals surface area (Å²) in [4.78, 5) is 14.6. The second kappa shape index (κ2) is 4.26. The lowest BCUT2D eigenvalue weighted by molar-refractivity contribution is -0.128. The molecule has 2 aliphatic rings. The van der Waals surface area contributed by atoms with Gasteiger partial charge in [0.1, 0.15) is 5.78 Å². The first kappa shape index (κ1) is 11.0. The lowest BCUT2D eigenvalue weighted by Crippen LogP contribution is -2.46. The SMILES string of the molecule is CCC1CN2CCc3ccccc3C2CC1=O. The molecule has 0 spiro atoms. The van der Waals surface area contributed by atoms with Crippen LogP contribution in [0.15, 0.2) is 24.3 Å². The zero-order valence-electron chi connectivity index (χ0n) is 10.4. The van der Waals surface area contributed by atoms with E-state index < -0.39 is 0 Å². The van der Waals surface area contributed by atoms with Crippen LogP contribution in [0.25, 0.3) is 0 Å². The van der Waals surface area contributed by atoms with Gasteiger partial charge >= 0.3 is 0 Å². The Labute approximate surface area is 103 Å². The molecule has 2 atom stereocenters. The van der Waals surface area contributed by atoms with E-state index in [0.717, 1.165) is 32.4 Å². The molecule has 1 saturated heterocycles. The van der Waals surface area contributed by atoms with Crippen LogP contribution in [0.2, 0.25) is 0 Å². The molecule has 0 amide bonds. The van der Waals surface area contributed by atoms with E-state index in [0.29, 0.717) is 11.8 Å². The number of fused-ring (bicyclic) bond motifs is 3. The van der Waals surface area contributed by atoms with Gasteiger partial charge in [0.2, 0.25) is 0 Å². The fraction of sp³-hybridized carbons (Fsp3) is 0.533. The van der Waals surface area contributed by atoms with Crippen LogP contribution in [0.3, 0.4) is 0 Å². The first-order valence-electron chi connectivity index (χ1n) is 6.64. The molecule has 17 heavy (non-hydrogen) atoms. The standard InChI is InChI=1S/C15H19NO/c1-2-11-10-16-8-7-12-5-3-4-6-13(12)14(16)9-15(11)17/h3-6,11,14H,2,7-10H2,1H3. The number of Topliss-reactive ketones (excluding diaryl/α,β-unsaturated/α-hetero) is 1. The molecule has 0 aromatic heterocycles. The van der Waals surface area contributed by atoms with Crippen molar-refractivity contribution in [1.29, 1.82) is 0 Å². The lowest BCUT2D eigenvalue weighted by atomic mass is 9.82. The highest BCUT2D eigenvalue weighted by atomic mass is 16.1. The molecule has 2 heteroatoms. The monoisotopic (exact) mass is 229 g/mol. The fourth-order valence-electron chi connectivity index (χ4n) is 3.26. The van der Waals surface area contributed by atoms with Crippen LogP contribution in [0.1, 0.15) is 36.9 Å². The van der Waals surface area contributed by atoms with Crippen LogP contribution in [-0.2, 0) is 11.2 Å². The van der Waals surface area contributed by atoms with Crippen molar-refractivity contribution in [1.82, 2.24) is 4.90 Å². The Morgan fingerprint density at radius 1 is 1.35 bits per heavy atom. The molecule has 0 radical (unpaired) electrons. The van der Waals surface area contributed by atoms with Gasteiger partial charge in [0.25, 0.3) is 0 Å². The average Bonchev–Trinajstić information content (AvgIpc) is 2.38. The van der Waals surface area contributed by atoms with E-state index in [4.69, 9.17) is 0 Å². The molecule has 2 heterocycles. The van der Waals surface area contributed by atoms with Gasteiger partial charge in [-0.05, 0) is 24.0 Å². The fourth-order valence-corrected chi connectivity index (χ4v) is 3.26. The molecule has 0 aliphatic carbocycles. The molecule has 0 N–H and O–H groups in total. The minimum Gasteiger partial charge on any atom is -0.299 e. The highest BCUT2D eigenvalue weighted by molar-refractivity contribution is 5.83. The maximum Gasteiger partial charge on any atom is 0.139 e. The summed E-state index contributed by atoms with van der Waals surface area (Å²) in [5.74, 6) is 0.738. The van der Waals surface area contributed by atoms with Gasteiger partial charge in [-0.1, -0.05) is 31.2 Å². The number of hydrogen-bond donors (Lipinski definition) is 0. The molecule has 2 aliphatic heterocycles. The van der Waals surface area contributed by atoms with Gasteiger partial charge in [0, 0.05) is 31.5 Å². The van der Waals surface area contributed by atoms with Gasteiger partial charge in [-0.3, -0.25) is 9.69 Å². The summed E-state index contributed by atoms with van der Waals surface area (Å²) in [5, 5.41) is 0. The number of rotatable bonds is 1. The molecular weight excluding hydrogens is 210 g/mol. The number of carbonyl (C=O) groups is 1. The van der Waals surface area contributed by atoms with Gasteiger partial charge in [-0.15, -0.1) is 0 Å². The Balaban J connectivity index is 1.92. The van der Waals surface area contributed by atoms with E-state index in [1.165, 1.54) is 11.1 Å². The summed E-state index contributed by atoms with van der Waals surface area (Å²) < 4.78 is 0. The zero-order valence-corrected chi connectivity index (χ0v) is 10.4. The molecule has 2 unspecified atom stereocenters. The van der Waals surface area contributed by atoms with Crippen LogP contribution in [0.5, 0.6) is 0 Å². The van der Waals surface area contributed by atoms with Crippen molar-refractivity contribution < 1.29 is 4.79 Å². The number of carbonyl (C=O) groups excluding carboxylic acids is 1. The number of benzene rings is 1. The van der Waals surface area contributed by atoms with Crippen LogP contribution in [0, 0.1) is 5.92 Å². The largest absolute Gasteiger partial charge is 0.299 e. The van der Waals surface area contributed by atoms with E-state index in [1.54, 1.807) is 0 Å². The highest BCUT2D eigenvalue weighted by Gasteiger charge is 2.36. The zero-order chi connectivity index (χ0) is 11.8. The van der Waals surface area contributed by atoms with Crippen molar-refractivity contribution in [2.24, 2.45) is 5.92 Å². The molecule has 1 fully saturated rings. The summed E-state index contributed by atoms with van der Waals surface area (Å²) in [7, 11) is 0. The van der Waals surface area contributed by atoms with Crippen LogP contribution >= 0.6 is 0 Å². The van der Waals surface area contributed by atoms with E-state index in [2.05, 4.69) is 36.1 Å². The molecular formula is C15H19NO. The van der Waals surface area contributed by atoms with E-state index in [-0.39, 0.29) is 5.92 Å². The molecule has 90 valence electrons. The predicted octanol–water partition coefficient (Wildman–Crippen LogP) is 2.58. The Morgan fingerprint density at radius 3 is 3.00 bits per heavy atom. The molecule has 3 rings (SSSR count). The summed E-state index contributed by atoms with van der Waals surface area (Å²) in [6, 6.07) is 8.97. The molecule has 1 aromatic carbocycles. The van der Waals surface area contributed by atoms with Crippen molar-refractivity contribution in [3.8, 4) is 0 Å². The van der Waals surface area contributed by atoms with Gasteiger partial charge in [-0.25, -0.2) is 0 Å². The Morgan fingerprint density at radius 2 is 2.18 bits per heavy atom. The third kappa shape index (κ3) is 1.81. The third-order valence-electron chi connectivity index (χ3n) is 4.32. The maximum absolute atomic E-state index is 12.1. The molecule has 1 aromatic rings. The second-order valence-corrected chi connectivity index (χ2v) is 5.24. The van der Waals surface area contributed by atoms with Gasteiger partial charge < -0.3 is 0 Å². The first-order valence-corrected chi connectivity index (χ1v) is 6.64.